The van der Waals surface area contributed by atoms with E-state index in [2.05, 4.69) is 38.1 Å². The van der Waals surface area contributed by atoms with Crippen molar-refractivity contribution in [2.45, 2.75) is 32.6 Å². The van der Waals surface area contributed by atoms with Gasteiger partial charge in [-0.25, -0.2) is 4.39 Å². The SMILES string of the molecule is CC(C)/C=C/c1c(C2CC2)nc2ccccc2c1-c1ccc(F)cc1. The van der Waals surface area contributed by atoms with Crippen LogP contribution in [-0.2, 0) is 0 Å². The number of allylic oxidation sites excluding steroid dienone is 1. The topological polar surface area (TPSA) is 12.9 Å². The number of nitrogens with zero attached hydrogens (tertiary/aromatic N) is 1. The molecule has 1 heterocycles. The number of halogens is 1. The van der Waals surface area contributed by atoms with Gasteiger partial charge in [0.15, 0.2) is 0 Å². The van der Waals surface area contributed by atoms with E-state index < -0.39 is 0 Å². The summed E-state index contributed by atoms with van der Waals surface area (Å²) in [5, 5.41) is 1.13. The van der Waals surface area contributed by atoms with E-state index in [4.69, 9.17) is 4.98 Å². The van der Waals surface area contributed by atoms with Crippen molar-refractivity contribution in [3.05, 3.63) is 71.7 Å². The van der Waals surface area contributed by atoms with Gasteiger partial charge in [-0.2, -0.15) is 0 Å². The summed E-state index contributed by atoms with van der Waals surface area (Å²) >= 11 is 0. The number of benzene rings is 2. The molecular weight excluding hydrogens is 309 g/mol. The molecule has 1 fully saturated rings. The smallest absolute Gasteiger partial charge is 0.123 e. The molecular formula is C23H22FN. The number of hydrogen-bond acceptors (Lipinski definition) is 1. The molecule has 0 amide bonds. The molecule has 3 aromatic rings. The number of pyridine rings is 1. The Balaban J connectivity index is 2.04. The van der Waals surface area contributed by atoms with E-state index in [1.54, 1.807) is 0 Å². The van der Waals surface area contributed by atoms with Crippen LogP contribution in [0.2, 0.25) is 0 Å². The number of para-hydroxylation sites is 1. The normalized spacial score (nSPS) is 14.7. The highest BCUT2D eigenvalue weighted by Gasteiger charge is 2.29. The lowest BCUT2D eigenvalue weighted by atomic mass is 9.92. The van der Waals surface area contributed by atoms with Crippen molar-refractivity contribution in [1.29, 1.82) is 0 Å². The number of rotatable bonds is 4. The minimum atomic E-state index is -0.205. The standard InChI is InChI=1S/C23H22FN/c1-15(2)7-14-20-22(16-10-12-18(24)13-11-16)19-5-3-4-6-21(19)25-23(20)17-8-9-17/h3-7,10-15,17H,8-9H2,1-2H3/b14-7+. The molecule has 25 heavy (non-hydrogen) atoms. The van der Waals surface area contributed by atoms with E-state index >= 15 is 0 Å². The van der Waals surface area contributed by atoms with E-state index in [9.17, 15) is 4.39 Å². The van der Waals surface area contributed by atoms with Crippen molar-refractivity contribution in [1.82, 2.24) is 4.98 Å². The molecule has 0 bridgehead atoms. The summed E-state index contributed by atoms with van der Waals surface area (Å²) in [6.07, 6.45) is 6.86. The fourth-order valence-corrected chi connectivity index (χ4v) is 3.30. The minimum absolute atomic E-state index is 0.205. The molecule has 4 rings (SSSR count). The Hall–Kier alpha value is -2.48. The molecule has 1 nitrogen and oxygen atoms in total. The second-order valence-electron chi connectivity index (χ2n) is 7.19. The molecule has 0 unspecified atom stereocenters. The molecule has 2 aromatic carbocycles. The molecule has 126 valence electrons. The summed E-state index contributed by atoms with van der Waals surface area (Å²) in [4.78, 5) is 4.99. The molecule has 0 atom stereocenters. The van der Waals surface area contributed by atoms with Crippen LogP contribution in [0, 0.1) is 11.7 Å². The molecule has 0 N–H and O–H groups in total. The number of fused-ring (bicyclic) bond motifs is 1. The predicted molar refractivity (Wildman–Crippen MR) is 103 cm³/mol. The third-order valence-corrected chi connectivity index (χ3v) is 4.70. The minimum Gasteiger partial charge on any atom is -0.252 e. The summed E-state index contributed by atoms with van der Waals surface area (Å²) in [5.41, 5.74) is 5.62. The van der Waals surface area contributed by atoms with Crippen LogP contribution in [0.3, 0.4) is 0 Å². The zero-order valence-corrected chi connectivity index (χ0v) is 14.7. The number of hydrogen-bond donors (Lipinski definition) is 0. The molecule has 1 aliphatic carbocycles. The zero-order chi connectivity index (χ0) is 17.4. The lowest BCUT2D eigenvalue weighted by molar-refractivity contribution is 0.628. The van der Waals surface area contributed by atoms with Gasteiger partial charge >= 0.3 is 0 Å². The highest BCUT2D eigenvalue weighted by Crippen LogP contribution is 2.45. The van der Waals surface area contributed by atoms with Crippen LogP contribution in [0.5, 0.6) is 0 Å². The molecule has 0 saturated heterocycles. The lowest BCUT2D eigenvalue weighted by Crippen LogP contribution is -1.98. The lowest BCUT2D eigenvalue weighted by Gasteiger charge is -2.16. The molecule has 1 aromatic heterocycles. The van der Waals surface area contributed by atoms with Crippen LogP contribution in [0.25, 0.3) is 28.1 Å². The van der Waals surface area contributed by atoms with E-state index in [0.29, 0.717) is 11.8 Å². The summed E-state index contributed by atoms with van der Waals surface area (Å²) in [6.45, 7) is 4.36. The second-order valence-corrected chi connectivity index (χ2v) is 7.19. The van der Waals surface area contributed by atoms with E-state index in [1.165, 1.54) is 41.8 Å². The van der Waals surface area contributed by atoms with Gasteiger partial charge in [0.2, 0.25) is 0 Å². The Kier molecular flexibility index (Phi) is 4.12. The van der Waals surface area contributed by atoms with Crippen LogP contribution in [0.1, 0.15) is 43.9 Å². The average Bonchev–Trinajstić information content (AvgIpc) is 3.44. The molecule has 0 radical (unpaired) electrons. The molecule has 1 aliphatic rings. The van der Waals surface area contributed by atoms with Gasteiger partial charge in [-0.1, -0.05) is 56.3 Å². The van der Waals surface area contributed by atoms with Gasteiger partial charge in [-0.3, -0.25) is 4.98 Å². The van der Waals surface area contributed by atoms with Gasteiger partial charge in [0.05, 0.1) is 11.2 Å². The van der Waals surface area contributed by atoms with Gasteiger partial charge in [0.25, 0.3) is 0 Å². The van der Waals surface area contributed by atoms with Crippen molar-refractivity contribution < 1.29 is 4.39 Å². The predicted octanol–water partition coefficient (Wildman–Crippen LogP) is 6.59. The van der Waals surface area contributed by atoms with Gasteiger partial charge in [0, 0.05) is 22.4 Å². The number of aromatic nitrogens is 1. The first-order valence-corrected chi connectivity index (χ1v) is 9.00. The van der Waals surface area contributed by atoms with Crippen LogP contribution >= 0.6 is 0 Å². The summed E-state index contributed by atoms with van der Waals surface area (Å²) in [6, 6.07) is 15.1. The third kappa shape index (κ3) is 3.21. The Morgan fingerprint density at radius 1 is 1.04 bits per heavy atom. The van der Waals surface area contributed by atoms with Crippen LogP contribution in [-0.4, -0.2) is 4.98 Å². The van der Waals surface area contributed by atoms with Crippen LogP contribution in [0.15, 0.2) is 54.6 Å². The highest BCUT2D eigenvalue weighted by molar-refractivity contribution is 5.99. The fraction of sp³-hybridized carbons (Fsp3) is 0.261. The van der Waals surface area contributed by atoms with Gasteiger partial charge < -0.3 is 0 Å². The Bertz CT molecular complexity index is 934. The molecule has 1 saturated carbocycles. The van der Waals surface area contributed by atoms with Crippen molar-refractivity contribution in [2.24, 2.45) is 5.92 Å². The van der Waals surface area contributed by atoms with E-state index in [1.807, 2.05) is 24.3 Å². The van der Waals surface area contributed by atoms with E-state index in [0.717, 1.165) is 16.5 Å². The van der Waals surface area contributed by atoms with Crippen LogP contribution in [0.4, 0.5) is 4.39 Å². The molecule has 0 aliphatic heterocycles. The first kappa shape index (κ1) is 16.0. The largest absolute Gasteiger partial charge is 0.252 e. The van der Waals surface area contributed by atoms with Crippen molar-refractivity contribution in [2.75, 3.05) is 0 Å². The zero-order valence-electron chi connectivity index (χ0n) is 14.7. The summed E-state index contributed by atoms with van der Waals surface area (Å²) in [5.74, 6) is 0.819. The third-order valence-electron chi connectivity index (χ3n) is 4.70. The Morgan fingerprint density at radius 3 is 2.44 bits per heavy atom. The first-order valence-electron chi connectivity index (χ1n) is 9.00. The van der Waals surface area contributed by atoms with Crippen molar-refractivity contribution in [3.63, 3.8) is 0 Å². The van der Waals surface area contributed by atoms with Crippen molar-refractivity contribution in [3.8, 4) is 11.1 Å². The second kappa shape index (κ2) is 6.44. The maximum atomic E-state index is 13.5. The van der Waals surface area contributed by atoms with Gasteiger partial charge in [-0.05, 0) is 42.5 Å². The Labute approximate surface area is 148 Å². The van der Waals surface area contributed by atoms with E-state index in [-0.39, 0.29) is 5.82 Å². The quantitative estimate of drug-likeness (QED) is 0.525. The van der Waals surface area contributed by atoms with Crippen LogP contribution < -0.4 is 0 Å². The average molecular weight is 331 g/mol. The van der Waals surface area contributed by atoms with Gasteiger partial charge in [-0.15, -0.1) is 0 Å². The monoisotopic (exact) mass is 331 g/mol. The summed E-state index contributed by atoms with van der Waals surface area (Å²) < 4.78 is 13.5. The summed E-state index contributed by atoms with van der Waals surface area (Å²) in [7, 11) is 0. The van der Waals surface area contributed by atoms with Crippen molar-refractivity contribution >= 4 is 17.0 Å². The highest BCUT2D eigenvalue weighted by atomic mass is 19.1. The fourth-order valence-electron chi connectivity index (χ4n) is 3.30. The van der Waals surface area contributed by atoms with Gasteiger partial charge in [0.1, 0.15) is 5.82 Å². The molecule has 2 heteroatoms. The Morgan fingerprint density at radius 2 is 1.76 bits per heavy atom. The molecule has 0 spiro atoms. The maximum Gasteiger partial charge on any atom is 0.123 e. The maximum absolute atomic E-state index is 13.5. The first-order chi connectivity index (χ1) is 12.1.